The van der Waals surface area contributed by atoms with Crippen LogP contribution in [0.1, 0.15) is 16.8 Å². The highest BCUT2D eigenvalue weighted by atomic mass is 16.5. The first-order valence-corrected chi connectivity index (χ1v) is 6.75. The van der Waals surface area contributed by atoms with Crippen LogP contribution in [0.2, 0.25) is 0 Å². The second-order valence-electron chi connectivity index (χ2n) is 5.10. The minimum atomic E-state index is 0.866. The summed E-state index contributed by atoms with van der Waals surface area (Å²) in [6.07, 6.45) is 0. The lowest BCUT2D eigenvalue weighted by Gasteiger charge is -2.14. The van der Waals surface area contributed by atoms with Crippen molar-refractivity contribution in [3.05, 3.63) is 65.4 Å². The topological polar surface area (TPSA) is 22.1 Å². The summed E-state index contributed by atoms with van der Waals surface area (Å²) in [7, 11) is 0. The molecule has 0 N–H and O–H groups in total. The SMILES string of the molecule is Cc1cc(Oc2c(C)cccc2C)c2ccccc2n1. The van der Waals surface area contributed by atoms with Gasteiger partial charge in [0.25, 0.3) is 0 Å². The lowest BCUT2D eigenvalue weighted by molar-refractivity contribution is 0.479. The molecule has 0 radical (unpaired) electrons. The minimum Gasteiger partial charge on any atom is -0.456 e. The molecule has 0 amide bonds. The van der Waals surface area contributed by atoms with E-state index >= 15 is 0 Å². The molecule has 0 saturated heterocycles. The predicted octanol–water partition coefficient (Wildman–Crippen LogP) is 4.95. The number of rotatable bonds is 2. The minimum absolute atomic E-state index is 0.866. The largest absolute Gasteiger partial charge is 0.456 e. The van der Waals surface area contributed by atoms with Gasteiger partial charge in [0.15, 0.2) is 0 Å². The highest BCUT2D eigenvalue weighted by molar-refractivity contribution is 5.85. The van der Waals surface area contributed by atoms with E-state index in [1.54, 1.807) is 0 Å². The van der Waals surface area contributed by atoms with Crippen molar-refractivity contribution in [2.45, 2.75) is 20.8 Å². The Kier molecular flexibility index (Phi) is 3.15. The molecule has 0 bridgehead atoms. The molecular weight excluding hydrogens is 246 g/mol. The van der Waals surface area contributed by atoms with Gasteiger partial charge in [-0.2, -0.15) is 0 Å². The van der Waals surface area contributed by atoms with E-state index in [-0.39, 0.29) is 0 Å². The molecule has 0 spiro atoms. The van der Waals surface area contributed by atoms with Gasteiger partial charge < -0.3 is 4.74 Å². The number of para-hydroxylation sites is 2. The first kappa shape index (κ1) is 12.7. The van der Waals surface area contributed by atoms with Crippen molar-refractivity contribution in [3.63, 3.8) is 0 Å². The Hall–Kier alpha value is -2.35. The molecule has 2 aromatic carbocycles. The van der Waals surface area contributed by atoms with Crippen molar-refractivity contribution < 1.29 is 4.74 Å². The molecule has 1 heterocycles. The average Bonchev–Trinajstić information content (AvgIpc) is 2.42. The summed E-state index contributed by atoms with van der Waals surface area (Å²) in [4.78, 5) is 4.54. The Labute approximate surface area is 119 Å². The summed E-state index contributed by atoms with van der Waals surface area (Å²) in [6.45, 7) is 6.13. The van der Waals surface area contributed by atoms with Crippen LogP contribution in [-0.2, 0) is 0 Å². The molecule has 1 aromatic heterocycles. The summed E-state index contributed by atoms with van der Waals surface area (Å²) in [6, 6.07) is 16.2. The van der Waals surface area contributed by atoms with Crippen molar-refractivity contribution >= 4 is 10.9 Å². The highest BCUT2D eigenvalue weighted by Gasteiger charge is 2.09. The maximum atomic E-state index is 6.19. The fourth-order valence-corrected chi connectivity index (χ4v) is 2.42. The molecule has 2 nitrogen and oxygen atoms in total. The number of hydrogen-bond acceptors (Lipinski definition) is 2. The normalized spacial score (nSPS) is 10.8. The zero-order valence-corrected chi connectivity index (χ0v) is 12.0. The van der Waals surface area contributed by atoms with Crippen LogP contribution < -0.4 is 4.74 Å². The maximum absolute atomic E-state index is 6.19. The van der Waals surface area contributed by atoms with Crippen molar-refractivity contribution in [1.29, 1.82) is 0 Å². The van der Waals surface area contributed by atoms with Gasteiger partial charge >= 0.3 is 0 Å². The van der Waals surface area contributed by atoms with Crippen molar-refractivity contribution in [2.24, 2.45) is 0 Å². The molecule has 0 atom stereocenters. The molecular formula is C18H17NO. The molecule has 0 aliphatic heterocycles. The molecule has 0 saturated carbocycles. The van der Waals surface area contributed by atoms with Gasteiger partial charge in [-0.15, -0.1) is 0 Å². The Morgan fingerprint density at radius 1 is 0.850 bits per heavy atom. The molecule has 0 aliphatic carbocycles. The number of aryl methyl sites for hydroxylation is 3. The number of ether oxygens (including phenoxy) is 1. The number of pyridine rings is 1. The zero-order chi connectivity index (χ0) is 14.1. The first-order chi connectivity index (χ1) is 9.65. The van der Waals surface area contributed by atoms with Gasteiger partial charge in [-0.05, 0) is 44.0 Å². The number of nitrogens with zero attached hydrogens (tertiary/aromatic N) is 1. The van der Waals surface area contributed by atoms with Crippen LogP contribution in [0.25, 0.3) is 10.9 Å². The predicted molar refractivity (Wildman–Crippen MR) is 82.5 cm³/mol. The third-order valence-electron chi connectivity index (χ3n) is 3.43. The van der Waals surface area contributed by atoms with E-state index in [9.17, 15) is 0 Å². The summed E-state index contributed by atoms with van der Waals surface area (Å²) < 4.78 is 6.19. The number of benzene rings is 2. The Bertz CT molecular complexity index is 757. The smallest absolute Gasteiger partial charge is 0.138 e. The van der Waals surface area contributed by atoms with Gasteiger partial charge in [0.2, 0.25) is 0 Å². The molecule has 3 aromatic rings. The lowest BCUT2D eigenvalue weighted by atomic mass is 10.1. The van der Waals surface area contributed by atoms with Crippen LogP contribution in [0.15, 0.2) is 48.5 Å². The third-order valence-corrected chi connectivity index (χ3v) is 3.43. The standard InChI is InChI=1S/C18H17NO/c1-12-7-6-8-13(2)18(12)20-17-11-14(3)19-16-10-5-4-9-15(16)17/h4-11H,1-3H3. The molecule has 0 aliphatic rings. The number of fused-ring (bicyclic) bond motifs is 1. The average molecular weight is 263 g/mol. The highest BCUT2D eigenvalue weighted by Crippen LogP contribution is 2.33. The first-order valence-electron chi connectivity index (χ1n) is 6.75. The quantitative estimate of drug-likeness (QED) is 0.652. The Morgan fingerprint density at radius 3 is 2.30 bits per heavy atom. The van der Waals surface area contributed by atoms with E-state index in [0.717, 1.165) is 39.2 Å². The van der Waals surface area contributed by atoms with E-state index in [4.69, 9.17) is 4.74 Å². The van der Waals surface area contributed by atoms with E-state index in [1.807, 2.05) is 43.3 Å². The molecule has 20 heavy (non-hydrogen) atoms. The summed E-state index contributed by atoms with van der Waals surface area (Å²) in [5.74, 6) is 1.80. The Balaban J connectivity index is 2.16. The molecule has 100 valence electrons. The van der Waals surface area contributed by atoms with Crippen LogP contribution in [0.5, 0.6) is 11.5 Å². The molecule has 0 unspecified atom stereocenters. The summed E-state index contributed by atoms with van der Waals surface area (Å²) >= 11 is 0. The van der Waals surface area contributed by atoms with Crippen molar-refractivity contribution in [1.82, 2.24) is 4.98 Å². The van der Waals surface area contributed by atoms with E-state index in [1.165, 1.54) is 0 Å². The summed E-state index contributed by atoms with van der Waals surface area (Å²) in [5.41, 5.74) is 4.21. The second kappa shape index (κ2) is 4.97. The molecule has 0 fully saturated rings. The third kappa shape index (κ3) is 2.25. The van der Waals surface area contributed by atoms with Gasteiger partial charge in [-0.3, -0.25) is 4.98 Å². The molecule has 2 heteroatoms. The number of hydrogen-bond donors (Lipinski definition) is 0. The lowest BCUT2D eigenvalue weighted by Crippen LogP contribution is -1.94. The van der Waals surface area contributed by atoms with Crippen LogP contribution in [0.4, 0.5) is 0 Å². The summed E-state index contributed by atoms with van der Waals surface area (Å²) in [5, 5.41) is 1.04. The maximum Gasteiger partial charge on any atom is 0.138 e. The zero-order valence-electron chi connectivity index (χ0n) is 12.0. The van der Waals surface area contributed by atoms with Crippen LogP contribution in [0.3, 0.4) is 0 Å². The fraction of sp³-hybridized carbons (Fsp3) is 0.167. The van der Waals surface area contributed by atoms with Crippen molar-refractivity contribution in [3.8, 4) is 11.5 Å². The van der Waals surface area contributed by atoms with Gasteiger partial charge in [0.1, 0.15) is 11.5 Å². The van der Waals surface area contributed by atoms with E-state index in [2.05, 4.69) is 31.0 Å². The van der Waals surface area contributed by atoms with Gasteiger partial charge in [-0.25, -0.2) is 0 Å². The van der Waals surface area contributed by atoms with Crippen LogP contribution >= 0.6 is 0 Å². The monoisotopic (exact) mass is 263 g/mol. The van der Waals surface area contributed by atoms with E-state index < -0.39 is 0 Å². The van der Waals surface area contributed by atoms with Crippen molar-refractivity contribution in [2.75, 3.05) is 0 Å². The Morgan fingerprint density at radius 2 is 1.55 bits per heavy atom. The van der Waals surface area contributed by atoms with Crippen LogP contribution in [-0.4, -0.2) is 4.98 Å². The number of aromatic nitrogens is 1. The van der Waals surface area contributed by atoms with Crippen LogP contribution in [0, 0.1) is 20.8 Å². The second-order valence-corrected chi connectivity index (χ2v) is 5.10. The van der Waals surface area contributed by atoms with E-state index in [0.29, 0.717) is 0 Å². The molecule has 3 rings (SSSR count). The van der Waals surface area contributed by atoms with Gasteiger partial charge in [0, 0.05) is 17.1 Å². The fourth-order valence-electron chi connectivity index (χ4n) is 2.42. The van der Waals surface area contributed by atoms with Gasteiger partial charge in [0.05, 0.1) is 5.52 Å². The van der Waals surface area contributed by atoms with Gasteiger partial charge in [-0.1, -0.05) is 30.3 Å².